The predicted molar refractivity (Wildman–Crippen MR) is 33.6 cm³/mol. The molecular formula is C7H14O. The van der Waals surface area contributed by atoms with E-state index in [2.05, 4.69) is 0 Å². The molecule has 0 aliphatic heterocycles. The lowest BCUT2D eigenvalue weighted by molar-refractivity contribution is 0.179. The van der Waals surface area contributed by atoms with Crippen LogP contribution in [0.3, 0.4) is 0 Å². The molecule has 1 heteroatoms. The largest absolute Gasteiger partial charge is 0.393 e. The van der Waals surface area contributed by atoms with Crippen LogP contribution in [0.15, 0.2) is 0 Å². The molecule has 1 rings (SSSR count). The number of hydrogen-bond donors (Lipinski definition) is 1. The summed E-state index contributed by atoms with van der Waals surface area (Å²) in [6.45, 7) is 1.86. The van der Waals surface area contributed by atoms with Gasteiger partial charge in [-0.3, -0.25) is 0 Å². The van der Waals surface area contributed by atoms with Crippen LogP contribution in [0.2, 0.25) is 0 Å². The lowest BCUT2D eigenvalue weighted by Gasteiger charge is -1.99. The van der Waals surface area contributed by atoms with Crippen LogP contribution in [-0.4, -0.2) is 11.2 Å². The second-order valence-electron chi connectivity index (χ2n) is 2.87. The average Bonchev–Trinajstić information content (AvgIpc) is 2.41. The predicted octanol–water partition coefficient (Wildman–Crippen LogP) is 1.56. The molecule has 1 aliphatic carbocycles. The SMILES string of the molecule is C[C@@H](O)CCC1CC1. The molecule has 0 aromatic rings. The quantitative estimate of drug-likeness (QED) is 0.590. The lowest BCUT2D eigenvalue weighted by atomic mass is 10.1. The molecule has 1 aliphatic rings. The first-order valence-corrected chi connectivity index (χ1v) is 3.47. The Labute approximate surface area is 50.7 Å². The lowest BCUT2D eigenvalue weighted by Crippen LogP contribution is -1.98. The van der Waals surface area contributed by atoms with Crippen molar-refractivity contribution < 1.29 is 5.11 Å². The van der Waals surface area contributed by atoms with Crippen LogP contribution in [0.25, 0.3) is 0 Å². The van der Waals surface area contributed by atoms with Gasteiger partial charge in [-0.2, -0.15) is 0 Å². The monoisotopic (exact) mass is 114 g/mol. The Morgan fingerprint density at radius 3 is 2.62 bits per heavy atom. The van der Waals surface area contributed by atoms with E-state index in [1.54, 1.807) is 0 Å². The van der Waals surface area contributed by atoms with Crippen LogP contribution in [0.1, 0.15) is 32.6 Å². The third kappa shape index (κ3) is 2.31. The van der Waals surface area contributed by atoms with Crippen LogP contribution < -0.4 is 0 Å². The molecule has 0 saturated heterocycles. The maximum absolute atomic E-state index is 8.83. The molecule has 0 aromatic carbocycles. The normalized spacial score (nSPS) is 23.2. The summed E-state index contributed by atoms with van der Waals surface area (Å²) < 4.78 is 0. The van der Waals surface area contributed by atoms with Crippen LogP contribution in [0, 0.1) is 5.92 Å². The zero-order chi connectivity index (χ0) is 5.98. The van der Waals surface area contributed by atoms with Crippen LogP contribution in [-0.2, 0) is 0 Å². The highest BCUT2D eigenvalue weighted by Crippen LogP contribution is 2.33. The zero-order valence-corrected chi connectivity index (χ0v) is 5.43. The highest BCUT2D eigenvalue weighted by molar-refractivity contribution is 4.73. The van der Waals surface area contributed by atoms with Crippen molar-refractivity contribution in [2.45, 2.75) is 38.7 Å². The fourth-order valence-corrected chi connectivity index (χ4v) is 0.883. The maximum Gasteiger partial charge on any atom is 0.0512 e. The van der Waals surface area contributed by atoms with Crippen molar-refractivity contribution in [1.82, 2.24) is 0 Å². The number of aliphatic hydroxyl groups is 1. The van der Waals surface area contributed by atoms with Crippen molar-refractivity contribution in [3.05, 3.63) is 0 Å². The second kappa shape index (κ2) is 2.49. The third-order valence-corrected chi connectivity index (χ3v) is 1.69. The van der Waals surface area contributed by atoms with E-state index in [0.29, 0.717) is 0 Å². The van der Waals surface area contributed by atoms with Crippen LogP contribution >= 0.6 is 0 Å². The van der Waals surface area contributed by atoms with E-state index in [1.807, 2.05) is 6.92 Å². The molecular weight excluding hydrogens is 100 g/mol. The van der Waals surface area contributed by atoms with Gasteiger partial charge in [-0.15, -0.1) is 0 Å². The van der Waals surface area contributed by atoms with Gasteiger partial charge in [-0.25, -0.2) is 0 Å². The summed E-state index contributed by atoms with van der Waals surface area (Å²) in [5, 5.41) is 8.83. The van der Waals surface area contributed by atoms with Gasteiger partial charge in [0.1, 0.15) is 0 Å². The minimum absolute atomic E-state index is 0.0735. The van der Waals surface area contributed by atoms with Crippen LogP contribution in [0.5, 0.6) is 0 Å². The molecule has 0 radical (unpaired) electrons. The smallest absolute Gasteiger partial charge is 0.0512 e. The molecule has 0 spiro atoms. The maximum atomic E-state index is 8.83. The van der Waals surface area contributed by atoms with E-state index >= 15 is 0 Å². The molecule has 0 amide bonds. The van der Waals surface area contributed by atoms with E-state index in [4.69, 9.17) is 5.11 Å². The fraction of sp³-hybridized carbons (Fsp3) is 1.00. The first kappa shape index (κ1) is 6.09. The number of hydrogen-bond acceptors (Lipinski definition) is 1. The third-order valence-electron chi connectivity index (χ3n) is 1.69. The van der Waals surface area contributed by atoms with Crippen molar-refractivity contribution >= 4 is 0 Å². The summed E-state index contributed by atoms with van der Waals surface area (Å²) in [6, 6.07) is 0. The van der Waals surface area contributed by atoms with Gasteiger partial charge in [-0.1, -0.05) is 12.8 Å². The highest BCUT2D eigenvalue weighted by atomic mass is 16.3. The second-order valence-corrected chi connectivity index (χ2v) is 2.87. The molecule has 1 N–H and O–H groups in total. The molecule has 8 heavy (non-hydrogen) atoms. The Kier molecular flexibility index (Phi) is 1.90. The minimum Gasteiger partial charge on any atom is -0.393 e. The molecule has 1 atom stereocenters. The summed E-state index contributed by atoms with van der Waals surface area (Å²) in [6.07, 6.45) is 5.00. The molecule has 1 fully saturated rings. The summed E-state index contributed by atoms with van der Waals surface area (Å²) in [5.41, 5.74) is 0. The van der Waals surface area contributed by atoms with Crippen molar-refractivity contribution in [2.24, 2.45) is 5.92 Å². The Hall–Kier alpha value is -0.0400. The van der Waals surface area contributed by atoms with Crippen LogP contribution in [0.4, 0.5) is 0 Å². The van der Waals surface area contributed by atoms with Gasteiger partial charge in [0.2, 0.25) is 0 Å². The highest BCUT2D eigenvalue weighted by Gasteiger charge is 2.20. The van der Waals surface area contributed by atoms with E-state index in [0.717, 1.165) is 12.3 Å². The van der Waals surface area contributed by atoms with Gasteiger partial charge in [-0.05, 0) is 25.7 Å². The van der Waals surface area contributed by atoms with Gasteiger partial charge >= 0.3 is 0 Å². The summed E-state index contributed by atoms with van der Waals surface area (Å²) in [7, 11) is 0. The van der Waals surface area contributed by atoms with E-state index in [9.17, 15) is 0 Å². The fourth-order valence-electron chi connectivity index (χ4n) is 0.883. The van der Waals surface area contributed by atoms with Gasteiger partial charge in [0.05, 0.1) is 6.10 Å². The van der Waals surface area contributed by atoms with E-state index < -0.39 is 0 Å². The van der Waals surface area contributed by atoms with Crippen molar-refractivity contribution in [1.29, 1.82) is 0 Å². The zero-order valence-electron chi connectivity index (χ0n) is 5.43. The van der Waals surface area contributed by atoms with Crippen molar-refractivity contribution in [3.8, 4) is 0 Å². The van der Waals surface area contributed by atoms with Crippen molar-refractivity contribution in [3.63, 3.8) is 0 Å². The van der Waals surface area contributed by atoms with E-state index in [1.165, 1.54) is 19.3 Å². The van der Waals surface area contributed by atoms with Gasteiger partial charge in [0.15, 0.2) is 0 Å². The summed E-state index contributed by atoms with van der Waals surface area (Å²) >= 11 is 0. The first-order valence-electron chi connectivity index (χ1n) is 3.47. The molecule has 0 bridgehead atoms. The molecule has 48 valence electrons. The Bertz CT molecular complexity index is 62.8. The topological polar surface area (TPSA) is 20.2 Å². The number of rotatable bonds is 3. The summed E-state index contributed by atoms with van der Waals surface area (Å²) in [5.74, 6) is 0.976. The standard InChI is InChI=1S/C7H14O/c1-6(8)2-3-7-4-5-7/h6-8H,2-5H2,1H3/t6-/m1/s1. The first-order chi connectivity index (χ1) is 3.79. The average molecular weight is 114 g/mol. The molecule has 0 unspecified atom stereocenters. The molecule has 1 saturated carbocycles. The van der Waals surface area contributed by atoms with Gasteiger partial charge < -0.3 is 5.11 Å². The molecule has 0 heterocycles. The molecule has 0 aromatic heterocycles. The van der Waals surface area contributed by atoms with Crippen molar-refractivity contribution in [2.75, 3.05) is 0 Å². The Balaban J connectivity index is 1.87. The van der Waals surface area contributed by atoms with Gasteiger partial charge in [0, 0.05) is 0 Å². The Morgan fingerprint density at radius 1 is 1.62 bits per heavy atom. The minimum atomic E-state index is -0.0735. The van der Waals surface area contributed by atoms with E-state index in [-0.39, 0.29) is 6.10 Å². The molecule has 1 nitrogen and oxygen atoms in total. The van der Waals surface area contributed by atoms with Gasteiger partial charge in [0.25, 0.3) is 0 Å². The summed E-state index contributed by atoms with van der Waals surface area (Å²) in [4.78, 5) is 0. The number of aliphatic hydroxyl groups excluding tert-OH is 1. The Morgan fingerprint density at radius 2 is 2.25 bits per heavy atom.